The molecule has 0 spiro atoms. The van der Waals surface area contributed by atoms with Crippen LogP contribution in [0.2, 0.25) is 5.28 Å². The van der Waals surface area contributed by atoms with E-state index >= 15 is 0 Å². The van der Waals surface area contributed by atoms with E-state index in [2.05, 4.69) is 9.97 Å². The van der Waals surface area contributed by atoms with Crippen LogP contribution in [-0.2, 0) is 14.8 Å². The Balaban J connectivity index is 3.05. The Labute approximate surface area is 85.4 Å². The molecule has 0 fully saturated rings. The van der Waals surface area contributed by atoms with Crippen LogP contribution in [0.3, 0.4) is 0 Å². The molecule has 0 atom stereocenters. The first-order valence-corrected chi connectivity index (χ1v) is 5.29. The molecular formula is C6H6ClN3O3S. The molecule has 76 valence electrons. The Morgan fingerprint density at radius 2 is 1.93 bits per heavy atom. The predicted octanol–water partition coefficient (Wildman–Crippen LogP) is -0.0452. The summed E-state index contributed by atoms with van der Waals surface area (Å²) in [7, 11) is -3.86. The topological polar surface area (TPSA) is 89.0 Å². The number of carbonyl (C=O) groups is 1. The van der Waals surface area contributed by atoms with Crippen molar-refractivity contribution in [3.05, 3.63) is 17.7 Å². The quantitative estimate of drug-likeness (QED) is 0.727. The summed E-state index contributed by atoms with van der Waals surface area (Å²) < 4.78 is 24.4. The fourth-order valence-corrected chi connectivity index (χ4v) is 1.66. The summed E-state index contributed by atoms with van der Waals surface area (Å²) in [5.74, 6) is -0.681. The smallest absolute Gasteiger partial charge is 0.267 e. The van der Waals surface area contributed by atoms with Gasteiger partial charge in [0.15, 0.2) is 0 Å². The third-order valence-corrected chi connectivity index (χ3v) is 2.77. The highest BCUT2D eigenvalue weighted by molar-refractivity contribution is 7.90. The number of halogens is 1. The number of hydrogen-bond acceptors (Lipinski definition) is 5. The molecule has 0 aliphatic heterocycles. The number of rotatable bonds is 2. The van der Waals surface area contributed by atoms with Crippen LogP contribution in [0, 0.1) is 0 Å². The van der Waals surface area contributed by atoms with Gasteiger partial charge in [-0.1, -0.05) is 0 Å². The van der Waals surface area contributed by atoms with Gasteiger partial charge >= 0.3 is 0 Å². The maximum absolute atomic E-state index is 11.3. The van der Waals surface area contributed by atoms with Crippen molar-refractivity contribution >= 4 is 27.5 Å². The molecule has 1 aromatic heterocycles. The molecule has 1 rings (SSSR count). The Kier molecular flexibility index (Phi) is 3.02. The number of hydrogen-bond donors (Lipinski definition) is 1. The number of amides is 1. The first-order chi connectivity index (χ1) is 6.42. The minimum absolute atomic E-state index is 0.0632. The molecule has 1 N–H and O–H groups in total. The fourth-order valence-electron chi connectivity index (χ4n) is 0.687. The Morgan fingerprint density at radius 1 is 1.43 bits per heavy atom. The van der Waals surface area contributed by atoms with Gasteiger partial charge in [0.25, 0.3) is 10.0 Å². The first-order valence-electron chi connectivity index (χ1n) is 3.43. The molecule has 0 unspecified atom stereocenters. The molecule has 6 nitrogen and oxygen atoms in total. The Hall–Kier alpha value is -1.21. The summed E-state index contributed by atoms with van der Waals surface area (Å²) in [6, 6.07) is 0. The zero-order valence-electron chi connectivity index (χ0n) is 7.06. The van der Waals surface area contributed by atoms with E-state index in [1.807, 2.05) is 0 Å². The van der Waals surface area contributed by atoms with Gasteiger partial charge in [-0.25, -0.2) is 23.1 Å². The summed E-state index contributed by atoms with van der Waals surface area (Å²) in [6.45, 7) is 1.09. The van der Waals surface area contributed by atoms with Gasteiger partial charge < -0.3 is 0 Å². The van der Waals surface area contributed by atoms with Gasteiger partial charge in [0, 0.05) is 6.92 Å². The molecule has 1 heterocycles. The van der Waals surface area contributed by atoms with Crippen molar-refractivity contribution in [2.24, 2.45) is 0 Å². The van der Waals surface area contributed by atoms with Crippen LogP contribution in [0.1, 0.15) is 6.92 Å². The molecule has 0 aliphatic carbocycles. The van der Waals surface area contributed by atoms with Crippen molar-refractivity contribution in [2.75, 3.05) is 0 Å². The maximum Gasteiger partial charge on any atom is 0.267 e. The number of nitrogens with one attached hydrogen (secondary N) is 1. The van der Waals surface area contributed by atoms with Crippen LogP contribution >= 0.6 is 11.6 Å². The summed E-state index contributed by atoms with van der Waals surface area (Å²) in [6.07, 6.45) is 2.03. The van der Waals surface area contributed by atoms with Crippen molar-refractivity contribution in [3.63, 3.8) is 0 Å². The van der Waals surface area contributed by atoms with E-state index in [0.717, 1.165) is 19.3 Å². The zero-order chi connectivity index (χ0) is 10.8. The second-order valence-electron chi connectivity index (χ2n) is 2.35. The summed E-state index contributed by atoms with van der Waals surface area (Å²) >= 11 is 5.36. The summed E-state index contributed by atoms with van der Waals surface area (Å²) in [5.41, 5.74) is 0. The monoisotopic (exact) mass is 235 g/mol. The molecule has 1 aromatic rings. The highest BCUT2D eigenvalue weighted by atomic mass is 35.5. The Bertz CT molecular complexity index is 442. The van der Waals surface area contributed by atoms with Gasteiger partial charge in [-0.3, -0.25) is 4.79 Å². The normalized spacial score (nSPS) is 11.0. The molecule has 0 aliphatic rings. The fraction of sp³-hybridized carbons (Fsp3) is 0.167. The lowest BCUT2D eigenvalue weighted by atomic mass is 10.7. The van der Waals surface area contributed by atoms with Crippen molar-refractivity contribution in [1.29, 1.82) is 0 Å². The van der Waals surface area contributed by atoms with E-state index in [1.54, 1.807) is 4.72 Å². The van der Waals surface area contributed by atoms with Crippen molar-refractivity contribution in [1.82, 2.24) is 14.7 Å². The lowest BCUT2D eigenvalue weighted by Crippen LogP contribution is -2.28. The molecule has 8 heteroatoms. The minimum Gasteiger partial charge on any atom is -0.274 e. The van der Waals surface area contributed by atoms with E-state index in [9.17, 15) is 13.2 Å². The molecule has 1 amide bonds. The maximum atomic E-state index is 11.3. The summed E-state index contributed by atoms with van der Waals surface area (Å²) in [5, 5.41) is -0.0632. The average molecular weight is 236 g/mol. The van der Waals surface area contributed by atoms with Crippen LogP contribution in [0.15, 0.2) is 17.3 Å². The van der Waals surface area contributed by atoms with Gasteiger partial charge in [0.2, 0.25) is 11.2 Å². The van der Waals surface area contributed by atoms with E-state index in [4.69, 9.17) is 11.6 Å². The number of aromatic nitrogens is 2. The lowest BCUT2D eigenvalue weighted by molar-refractivity contribution is -0.117. The van der Waals surface area contributed by atoms with E-state index < -0.39 is 15.9 Å². The van der Waals surface area contributed by atoms with Crippen LogP contribution in [0.4, 0.5) is 0 Å². The van der Waals surface area contributed by atoms with Gasteiger partial charge in [-0.2, -0.15) is 0 Å². The summed E-state index contributed by atoms with van der Waals surface area (Å²) in [4.78, 5) is 17.3. The van der Waals surface area contributed by atoms with Gasteiger partial charge in [0.05, 0.1) is 12.4 Å². The van der Waals surface area contributed by atoms with E-state index in [-0.39, 0.29) is 10.2 Å². The molecule has 0 saturated carbocycles. The molecule has 0 radical (unpaired) electrons. The van der Waals surface area contributed by atoms with Crippen molar-refractivity contribution < 1.29 is 13.2 Å². The number of sulfonamides is 1. The second-order valence-corrected chi connectivity index (χ2v) is 4.37. The SMILES string of the molecule is CC(=O)NS(=O)(=O)c1cnc(Cl)nc1. The van der Waals surface area contributed by atoms with Gasteiger partial charge in [0.1, 0.15) is 4.90 Å². The molecular weight excluding hydrogens is 230 g/mol. The van der Waals surface area contributed by atoms with Crippen LogP contribution in [-0.4, -0.2) is 24.3 Å². The standard InChI is InChI=1S/C6H6ClN3O3S/c1-4(11)10-14(12,13)5-2-8-6(7)9-3-5/h2-3H,1H3,(H,10,11). The van der Waals surface area contributed by atoms with Crippen LogP contribution in [0.5, 0.6) is 0 Å². The van der Waals surface area contributed by atoms with E-state index in [1.165, 1.54) is 0 Å². The Morgan fingerprint density at radius 3 is 2.36 bits per heavy atom. The van der Waals surface area contributed by atoms with Crippen LogP contribution in [0.25, 0.3) is 0 Å². The largest absolute Gasteiger partial charge is 0.274 e. The van der Waals surface area contributed by atoms with Crippen molar-refractivity contribution in [2.45, 2.75) is 11.8 Å². The zero-order valence-corrected chi connectivity index (χ0v) is 8.63. The predicted molar refractivity (Wildman–Crippen MR) is 48.0 cm³/mol. The average Bonchev–Trinajstić information content (AvgIpc) is 2.02. The molecule has 14 heavy (non-hydrogen) atoms. The third kappa shape index (κ3) is 2.64. The van der Waals surface area contributed by atoms with Gasteiger partial charge in [-0.05, 0) is 11.6 Å². The lowest BCUT2D eigenvalue weighted by Gasteiger charge is -2.02. The first kappa shape index (κ1) is 10.9. The van der Waals surface area contributed by atoms with E-state index in [0.29, 0.717) is 0 Å². The second kappa shape index (κ2) is 3.89. The third-order valence-electron chi connectivity index (χ3n) is 1.19. The molecule has 0 saturated heterocycles. The minimum atomic E-state index is -3.86. The highest BCUT2D eigenvalue weighted by Gasteiger charge is 2.15. The molecule has 0 bridgehead atoms. The van der Waals surface area contributed by atoms with Crippen LogP contribution < -0.4 is 4.72 Å². The number of nitrogens with zero attached hydrogens (tertiary/aromatic N) is 2. The molecule has 0 aromatic carbocycles. The highest BCUT2D eigenvalue weighted by Crippen LogP contribution is 2.06. The van der Waals surface area contributed by atoms with Gasteiger partial charge in [-0.15, -0.1) is 0 Å². The number of carbonyl (C=O) groups excluding carboxylic acids is 1. The van der Waals surface area contributed by atoms with Crippen molar-refractivity contribution in [3.8, 4) is 0 Å².